The van der Waals surface area contributed by atoms with Gasteiger partial charge in [0.05, 0.1) is 17.0 Å². The second kappa shape index (κ2) is 6.95. The normalized spacial score (nSPS) is 18.3. The van der Waals surface area contributed by atoms with Crippen LogP contribution in [0.2, 0.25) is 0 Å². The van der Waals surface area contributed by atoms with Gasteiger partial charge >= 0.3 is 5.97 Å². The minimum atomic E-state index is -1.57. The molecule has 0 bridgehead atoms. The van der Waals surface area contributed by atoms with E-state index < -0.39 is 46.9 Å². The van der Waals surface area contributed by atoms with Gasteiger partial charge in [0.1, 0.15) is 12.1 Å². The van der Waals surface area contributed by atoms with E-state index in [9.17, 15) is 19.2 Å². The summed E-state index contributed by atoms with van der Waals surface area (Å²) in [5, 5.41) is 11.4. The molecule has 0 radical (unpaired) electrons. The lowest BCUT2D eigenvalue weighted by molar-refractivity contribution is -0.155. The summed E-state index contributed by atoms with van der Waals surface area (Å²) in [6.45, 7) is 7.87. The van der Waals surface area contributed by atoms with Crippen LogP contribution in [-0.2, 0) is 24.5 Å². The quantitative estimate of drug-likeness (QED) is 0.640. The Bertz CT molecular complexity index is 871. The third kappa shape index (κ3) is 4.05. The SMILES string of the molecule is CC(C)(C)OC(=O)CNC(=O)C1C(=O)c2cc(C#N)ccc2C(C)(C)C1=O. The highest BCUT2D eigenvalue weighted by Crippen LogP contribution is 2.37. The van der Waals surface area contributed by atoms with Gasteiger partial charge in [0.2, 0.25) is 5.91 Å². The zero-order chi connectivity index (χ0) is 20.6. The number of esters is 1. The van der Waals surface area contributed by atoms with Crippen LogP contribution in [0.3, 0.4) is 0 Å². The summed E-state index contributed by atoms with van der Waals surface area (Å²) in [6, 6.07) is 6.43. The van der Waals surface area contributed by atoms with Crippen molar-refractivity contribution in [1.82, 2.24) is 5.32 Å². The molecule has 142 valence electrons. The van der Waals surface area contributed by atoms with E-state index in [0.29, 0.717) is 5.56 Å². The molecule has 0 heterocycles. The number of fused-ring (bicyclic) bond motifs is 1. The van der Waals surface area contributed by atoms with Gasteiger partial charge < -0.3 is 10.1 Å². The molecule has 1 atom stereocenters. The number of hydrogen-bond donors (Lipinski definition) is 1. The highest BCUT2D eigenvalue weighted by atomic mass is 16.6. The zero-order valence-electron chi connectivity index (χ0n) is 16.0. The summed E-state index contributed by atoms with van der Waals surface area (Å²) < 4.78 is 5.10. The lowest BCUT2D eigenvalue weighted by atomic mass is 9.66. The first kappa shape index (κ1) is 20.3. The average Bonchev–Trinajstić information content (AvgIpc) is 2.56. The molecule has 0 saturated heterocycles. The molecule has 0 aromatic heterocycles. The number of ketones is 2. The molecule has 0 fully saturated rings. The molecule has 0 spiro atoms. The predicted octanol–water partition coefficient (Wildman–Crippen LogP) is 1.68. The van der Waals surface area contributed by atoms with E-state index in [4.69, 9.17) is 10.00 Å². The summed E-state index contributed by atoms with van der Waals surface area (Å²) >= 11 is 0. The van der Waals surface area contributed by atoms with Gasteiger partial charge in [0, 0.05) is 5.56 Å². The number of nitriles is 1. The van der Waals surface area contributed by atoms with Crippen molar-refractivity contribution in [2.75, 3.05) is 6.54 Å². The lowest BCUT2D eigenvalue weighted by Crippen LogP contribution is -2.51. The van der Waals surface area contributed by atoms with Gasteiger partial charge in [-0.3, -0.25) is 19.2 Å². The Kier molecular flexibility index (Phi) is 5.23. The van der Waals surface area contributed by atoms with E-state index in [1.807, 2.05) is 6.07 Å². The van der Waals surface area contributed by atoms with Gasteiger partial charge in [0.25, 0.3) is 0 Å². The van der Waals surface area contributed by atoms with E-state index in [-0.39, 0.29) is 11.1 Å². The number of amides is 1. The molecule has 2 rings (SSSR count). The minimum absolute atomic E-state index is 0.177. The Hall–Kier alpha value is -3.01. The van der Waals surface area contributed by atoms with Crippen LogP contribution in [0.25, 0.3) is 0 Å². The van der Waals surface area contributed by atoms with Gasteiger partial charge in [-0.25, -0.2) is 0 Å². The number of hydrogen-bond acceptors (Lipinski definition) is 6. The molecule has 1 aromatic rings. The Balaban J connectivity index is 2.28. The first-order valence-corrected chi connectivity index (χ1v) is 8.51. The summed E-state index contributed by atoms with van der Waals surface area (Å²) in [7, 11) is 0. The molecule has 7 nitrogen and oxygen atoms in total. The second-order valence-corrected chi connectivity index (χ2v) is 7.96. The topological polar surface area (TPSA) is 113 Å². The van der Waals surface area contributed by atoms with Crippen molar-refractivity contribution in [2.24, 2.45) is 5.92 Å². The Morgan fingerprint density at radius 2 is 1.89 bits per heavy atom. The van der Waals surface area contributed by atoms with E-state index >= 15 is 0 Å². The van der Waals surface area contributed by atoms with Crippen LogP contribution in [0.15, 0.2) is 18.2 Å². The highest BCUT2D eigenvalue weighted by molar-refractivity contribution is 6.29. The molecule has 7 heteroatoms. The van der Waals surface area contributed by atoms with Gasteiger partial charge in [-0.2, -0.15) is 5.26 Å². The van der Waals surface area contributed by atoms with E-state index in [1.54, 1.807) is 40.7 Å². The first-order valence-electron chi connectivity index (χ1n) is 8.51. The first-order chi connectivity index (χ1) is 12.4. The fourth-order valence-corrected chi connectivity index (χ4v) is 3.01. The highest BCUT2D eigenvalue weighted by Gasteiger charge is 2.49. The minimum Gasteiger partial charge on any atom is -0.459 e. The van der Waals surface area contributed by atoms with Crippen LogP contribution in [0.4, 0.5) is 0 Å². The van der Waals surface area contributed by atoms with Crippen LogP contribution in [-0.4, -0.2) is 35.6 Å². The number of benzene rings is 1. The fourth-order valence-electron chi connectivity index (χ4n) is 3.01. The largest absolute Gasteiger partial charge is 0.459 e. The van der Waals surface area contributed by atoms with Crippen LogP contribution in [0, 0.1) is 17.2 Å². The molecule has 1 unspecified atom stereocenters. The maximum atomic E-state index is 12.8. The molecule has 1 amide bonds. The number of nitrogens with one attached hydrogen (secondary N) is 1. The summed E-state index contributed by atoms with van der Waals surface area (Å²) in [5.41, 5.74) is -0.873. The third-order valence-electron chi connectivity index (χ3n) is 4.32. The molecule has 1 aliphatic carbocycles. The maximum Gasteiger partial charge on any atom is 0.325 e. The number of carbonyl (C=O) groups excluding carboxylic acids is 4. The van der Waals surface area contributed by atoms with E-state index in [0.717, 1.165) is 0 Å². The summed E-state index contributed by atoms with van der Waals surface area (Å²) in [4.78, 5) is 49.9. The molecular weight excluding hydrogens is 348 g/mol. The molecule has 0 aliphatic heterocycles. The molecule has 1 aromatic carbocycles. The number of rotatable bonds is 3. The van der Waals surface area contributed by atoms with Crippen molar-refractivity contribution < 1.29 is 23.9 Å². The van der Waals surface area contributed by atoms with Gasteiger partial charge in [-0.15, -0.1) is 0 Å². The summed E-state index contributed by atoms with van der Waals surface area (Å²) in [6.07, 6.45) is 0. The van der Waals surface area contributed by atoms with Crippen LogP contribution in [0.1, 0.15) is 56.1 Å². The Morgan fingerprint density at radius 1 is 1.26 bits per heavy atom. The molecule has 1 aliphatic rings. The van der Waals surface area contributed by atoms with Crippen molar-refractivity contribution >= 4 is 23.4 Å². The standard InChI is InChI=1S/C20H22N2O5/c1-19(2,3)27-14(23)10-22-18(26)15-16(24)12-8-11(9-21)6-7-13(12)20(4,5)17(15)25/h6-8,15H,10H2,1-5H3,(H,22,26). The van der Waals surface area contributed by atoms with Crippen LogP contribution in [0.5, 0.6) is 0 Å². The lowest BCUT2D eigenvalue weighted by Gasteiger charge is -2.34. The number of ether oxygens (including phenoxy) is 1. The van der Waals surface area contributed by atoms with Crippen molar-refractivity contribution in [3.63, 3.8) is 0 Å². The number of carbonyl (C=O) groups is 4. The Morgan fingerprint density at radius 3 is 2.44 bits per heavy atom. The maximum absolute atomic E-state index is 12.8. The van der Waals surface area contributed by atoms with Gasteiger partial charge in [-0.1, -0.05) is 6.07 Å². The van der Waals surface area contributed by atoms with E-state index in [2.05, 4.69) is 5.32 Å². The van der Waals surface area contributed by atoms with Crippen LogP contribution < -0.4 is 5.32 Å². The monoisotopic (exact) mass is 370 g/mol. The van der Waals surface area contributed by atoms with E-state index in [1.165, 1.54) is 12.1 Å². The molecule has 1 N–H and O–H groups in total. The summed E-state index contributed by atoms with van der Waals surface area (Å²) in [5.74, 6) is -4.31. The zero-order valence-corrected chi connectivity index (χ0v) is 16.0. The van der Waals surface area contributed by atoms with Gasteiger partial charge in [0.15, 0.2) is 17.5 Å². The molecule has 0 saturated carbocycles. The van der Waals surface area contributed by atoms with Crippen molar-refractivity contribution in [1.29, 1.82) is 5.26 Å². The van der Waals surface area contributed by atoms with Crippen molar-refractivity contribution in [2.45, 2.75) is 45.6 Å². The number of Topliss-reactive ketones (excluding diaryl/α,β-unsaturated/α-hetero) is 2. The third-order valence-corrected chi connectivity index (χ3v) is 4.32. The van der Waals surface area contributed by atoms with Crippen molar-refractivity contribution in [3.05, 3.63) is 34.9 Å². The van der Waals surface area contributed by atoms with Crippen LogP contribution >= 0.6 is 0 Å². The average molecular weight is 370 g/mol. The van der Waals surface area contributed by atoms with Crippen molar-refractivity contribution in [3.8, 4) is 6.07 Å². The smallest absolute Gasteiger partial charge is 0.325 e. The Labute approximate surface area is 157 Å². The molecular formula is C20H22N2O5. The second-order valence-electron chi connectivity index (χ2n) is 7.96. The fraction of sp³-hybridized carbons (Fsp3) is 0.450. The molecule has 27 heavy (non-hydrogen) atoms. The van der Waals surface area contributed by atoms with Gasteiger partial charge in [-0.05, 0) is 52.3 Å². The number of nitrogens with zero attached hydrogens (tertiary/aromatic N) is 1. The predicted molar refractivity (Wildman–Crippen MR) is 95.9 cm³/mol.